The molecule has 0 unspecified atom stereocenters. The van der Waals surface area contributed by atoms with Gasteiger partial charge in [0, 0.05) is 5.56 Å². The van der Waals surface area contributed by atoms with Crippen LogP contribution in [0.4, 0.5) is 0 Å². The van der Waals surface area contributed by atoms with E-state index in [-0.39, 0.29) is 5.78 Å². The summed E-state index contributed by atoms with van der Waals surface area (Å²) in [4.78, 5) is 12.1. The summed E-state index contributed by atoms with van der Waals surface area (Å²) in [6.45, 7) is 6.19. The van der Waals surface area contributed by atoms with Crippen molar-refractivity contribution in [3.05, 3.63) is 47.0 Å². The van der Waals surface area contributed by atoms with Crippen molar-refractivity contribution in [3.63, 3.8) is 0 Å². The van der Waals surface area contributed by atoms with Crippen LogP contribution in [0.15, 0.2) is 30.4 Å². The third kappa shape index (κ3) is 3.55. The lowest BCUT2D eigenvalue weighted by molar-refractivity contribution is 0.104. The number of benzene rings is 1. The second kappa shape index (κ2) is 7.05. The van der Waals surface area contributed by atoms with Crippen molar-refractivity contribution in [2.45, 2.75) is 46.5 Å². The summed E-state index contributed by atoms with van der Waals surface area (Å²) < 4.78 is 0. The van der Waals surface area contributed by atoms with E-state index in [4.69, 9.17) is 0 Å². The zero-order chi connectivity index (χ0) is 12.7. The van der Waals surface area contributed by atoms with Gasteiger partial charge in [0.25, 0.3) is 0 Å². The van der Waals surface area contributed by atoms with E-state index in [0.29, 0.717) is 0 Å². The molecule has 0 aromatic heterocycles. The van der Waals surface area contributed by atoms with Gasteiger partial charge in [0.15, 0.2) is 5.78 Å². The molecule has 0 atom stereocenters. The van der Waals surface area contributed by atoms with Gasteiger partial charge in [-0.3, -0.25) is 4.79 Å². The Morgan fingerprint density at radius 1 is 1.12 bits per heavy atom. The number of aryl methyl sites for hydroxylation is 2. The van der Waals surface area contributed by atoms with Crippen LogP contribution in [-0.4, -0.2) is 5.78 Å². The van der Waals surface area contributed by atoms with Crippen LogP contribution in [0.3, 0.4) is 0 Å². The number of carbonyl (C=O) groups is 1. The number of hydrogen-bond donors (Lipinski definition) is 0. The predicted octanol–water partition coefficient (Wildman–Crippen LogP) is 4.35. The average molecular weight is 230 g/mol. The summed E-state index contributed by atoms with van der Waals surface area (Å²) >= 11 is 0. The Kier molecular flexibility index (Phi) is 5.68. The molecule has 0 fully saturated rings. The van der Waals surface area contributed by atoms with Gasteiger partial charge in [-0.15, -0.1) is 0 Å². The van der Waals surface area contributed by atoms with Gasteiger partial charge in [-0.2, -0.15) is 0 Å². The van der Waals surface area contributed by atoms with Crippen molar-refractivity contribution < 1.29 is 4.79 Å². The van der Waals surface area contributed by atoms with Crippen LogP contribution in [-0.2, 0) is 12.8 Å². The second-order valence-corrected chi connectivity index (χ2v) is 4.32. The topological polar surface area (TPSA) is 17.1 Å². The highest BCUT2D eigenvalue weighted by Crippen LogP contribution is 2.19. The maximum absolute atomic E-state index is 12.1. The van der Waals surface area contributed by atoms with E-state index in [1.54, 1.807) is 6.08 Å². The first-order chi connectivity index (χ1) is 8.24. The van der Waals surface area contributed by atoms with E-state index in [1.165, 1.54) is 11.1 Å². The van der Waals surface area contributed by atoms with Crippen molar-refractivity contribution in [2.75, 3.05) is 0 Å². The Morgan fingerprint density at radius 3 is 2.06 bits per heavy atom. The summed E-state index contributed by atoms with van der Waals surface area (Å²) in [6.07, 6.45) is 7.61. The Hall–Kier alpha value is -1.37. The molecular formula is C16H22O. The molecule has 0 radical (unpaired) electrons. The average Bonchev–Trinajstić information content (AvgIpc) is 2.30. The molecule has 1 aromatic carbocycles. The van der Waals surface area contributed by atoms with Crippen LogP contribution in [0.2, 0.25) is 0 Å². The lowest BCUT2D eigenvalue weighted by Gasteiger charge is -2.11. The van der Waals surface area contributed by atoms with Crippen LogP contribution in [0.5, 0.6) is 0 Å². The van der Waals surface area contributed by atoms with Crippen LogP contribution in [0, 0.1) is 0 Å². The first-order valence-corrected chi connectivity index (χ1v) is 6.52. The smallest absolute Gasteiger partial charge is 0.186 e. The van der Waals surface area contributed by atoms with Gasteiger partial charge in [0.05, 0.1) is 0 Å². The third-order valence-electron chi connectivity index (χ3n) is 2.84. The number of hydrogen-bond acceptors (Lipinski definition) is 1. The zero-order valence-electron chi connectivity index (χ0n) is 11.1. The zero-order valence-corrected chi connectivity index (χ0v) is 11.1. The molecule has 0 aliphatic heterocycles. The molecule has 0 aliphatic carbocycles. The predicted molar refractivity (Wildman–Crippen MR) is 73.6 cm³/mol. The van der Waals surface area contributed by atoms with Gasteiger partial charge in [-0.25, -0.2) is 0 Å². The van der Waals surface area contributed by atoms with Crippen molar-refractivity contribution >= 4 is 5.78 Å². The van der Waals surface area contributed by atoms with Crippen molar-refractivity contribution in [1.82, 2.24) is 0 Å². The van der Waals surface area contributed by atoms with Gasteiger partial charge < -0.3 is 0 Å². The standard InChI is InChI=1S/C16H22O/c1-4-8-13-11-7-12-14(9-5-2)16(13)15(17)10-6-3/h6-7,10-12H,4-5,8-9H2,1-3H3/b10-6+. The molecule has 0 heterocycles. The molecule has 1 aromatic rings. The van der Waals surface area contributed by atoms with E-state index in [9.17, 15) is 4.79 Å². The molecule has 1 nitrogen and oxygen atoms in total. The maximum atomic E-state index is 12.1. The summed E-state index contributed by atoms with van der Waals surface area (Å²) in [6, 6.07) is 6.24. The van der Waals surface area contributed by atoms with E-state index in [2.05, 4.69) is 32.0 Å². The lowest BCUT2D eigenvalue weighted by atomic mass is 9.92. The van der Waals surface area contributed by atoms with Gasteiger partial charge in [0.1, 0.15) is 0 Å². The van der Waals surface area contributed by atoms with Crippen molar-refractivity contribution in [2.24, 2.45) is 0 Å². The van der Waals surface area contributed by atoms with E-state index in [1.807, 2.05) is 13.0 Å². The first-order valence-electron chi connectivity index (χ1n) is 6.52. The lowest BCUT2D eigenvalue weighted by Crippen LogP contribution is -2.06. The summed E-state index contributed by atoms with van der Waals surface area (Å²) in [7, 11) is 0. The van der Waals surface area contributed by atoms with Crippen LogP contribution >= 0.6 is 0 Å². The second-order valence-electron chi connectivity index (χ2n) is 4.32. The molecule has 17 heavy (non-hydrogen) atoms. The fourth-order valence-electron chi connectivity index (χ4n) is 2.16. The molecule has 92 valence electrons. The van der Waals surface area contributed by atoms with Crippen LogP contribution in [0.1, 0.15) is 55.1 Å². The highest BCUT2D eigenvalue weighted by Gasteiger charge is 2.12. The summed E-state index contributed by atoms with van der Waals surface area (Å²) in [5, 5.41) is 0. The van der Waals surface area contributed by atoms with E-state index >= 15 is 0 Å². The Morgan fingerprint density at radius 2 is 1.65 bits per heavy atom. The van der Waals surface area contributed by atoms with Crippen LogP contribution < -0.4 is 0 Å². The van der Waals surface area contributed by atoms with Gasteiger partial charge in [-0.05, 0) is 37.0 Å². The van der Waals surface area contributed by atoms with Gasteiger partial charge in [0.2, 0.25) is 0 Å². The number of allylic oxidation sites excluding steroid dienone is 2. The van der Waals surface area contributed by atoms with Gasteiger partial charge in [-0.1, -0.05) is 51.0 Å². The Bertz CT molecular complexity index is 378. The number of ketones is 1. The summed E-state index contributed by atoms with van der Waals surface area (Å²) in [5.41, 5.74) is 3.33. The monoisotopic (exact) mass is 230 g/mol. The molecule has 0 saturated carbocycles. The first kappa shape index (κ1) is 13.7. The summed E-state index contributed by atoms with van der Waals surface area (Å²) in [5.74, 6) is 0.153. The Labute approximate surface area is 105 Å². The minimum Gasteiger partial charge on any atom is -0.289 e. The largest absolute Gasteiger partial charge is 0.289 e. The molecule has 0 N–H and O–H groups in total. The third-order valence-corrected chi connectivity index (χ3v) is 2.84. The van der Waals surface area contributed by atoms with Crippen molar-refractivity contribution in [3.8, 4) is 0 Å². The normalized spacial score (nSPS) is 11.0. The Balaban J connectivity index is 3.22. The molecule has 1 heteroatoms. The molecule has 0 bridgehead atoms. The molecule has 0 aliphatic rings. The molecule has 0 spiro atoms. The molecule has 0 saturated heterocycles. The van der Waals surface area contributed by atoms with Crippen molar-refractivity contribution in [1.29, 1.82) is 0 Å². The number of carbonyl (C=O) groups excluding carboxylic acids is 1. The fourth-order valence-corrected chi connectivity index (χ4v) is 2.16. The minimum atomic E-state index is 0.153. The van der Waals surface area contributed by atoms with E-state index < -0.39 is 0 Å². The SMILES string of the molecule is C/C=C/C(=O)c1c(CCC)cccc1CCC. The highest BCUT2D eigenvalue weighted by molar-refractivity contribution is 6.06. The quantitative estimate of drug-likeness (QED) is 0.524. The van der Waals surface area contributed by atoms with E-state index in [0.717, 1.165) is 31.2 Å². The van der Waals surface area contributed by atoms with Crippen LogP contribution in [0.25, 0.3) is 0 Å². The number of rotatable bonds is 6. The molecule has 0 amide bonds. The molecule has 1 rings (SSSR count). The fraction of sp³-hybridized carbons (Fsp3) is 0.438. The van der Waals surface area contributed by atoms with Gasteiger partial charge >= 0.3 is 0 Å². The highest BCUT2D eigenvalue weighted by atomic mass is 16.1. The molecular weight excluding hydrogens is 208 g/mol. The minimum absolute atomic E-state index is 0.153. The maximum Gasteiger partial charge on any atom is 0.186 e.